The highest BCUT2D eigenvalue weighted by Crippen LogP contribution is 2.16. The van der Waals surface area contributed by atoms with Crippen LogP contribution in [0.25, 0.3) is 0 Å². The van der Waals surface area contributed by atoms with Crippen molar-refractivity contribution in [2.24, 2.45) is 5.73 Å². The predicted molar refractivity (Wildman–Crippen MR) is 82.4 cm³/mol. The molecule has 0 saturated heterocycles. The maximum absolute atomic E-state index is 11.7. The molecule has 0 spiro atoms. The normalized spacial score (nSPS) is 12.0. The van der Waals surface area contributed by atoms with Gasteiger partial charge in [-0.05, 0) is 16.7 Å². The van der Waals surface area contributed by atoms with E-state index in [9.17, 15) is 4.79 Å². The van der Waals surface area contributed by atoms with Crippen LogP contribution >= 0.6 is 0 Å². The molecule has 21 heavy (non-hydrogen) atoms. The molecule has 4 nitrogen and oxygen atoms in total. The van der Waals surface area contributed by atoms with E-state index in [1.165, 1.54) is 0 Å². The number of benzene rings is 2. The largest absolute Gasteiger partial charge is 0.380 e. The van der Waals surface area contributed by atoms with Gasteiger partial charge in [0, 0.05) is 13.7 Å². The molecule has 0 aliphatic rings. The molecule has 4 heteroatoms. The van der Waals surface area contributed by atoms with E-state index >= 15 is 0 Å². The lowest BCUT2D eigenvalue weighted by Crippen LogP contribution is -2.33. The number of nitrogens with one attached hydrogen (secondary N) is 1. The molecule has 2 aromatic rings. The average molecular weight is 284 g/mol. The number of hydrogen-bond donors (Lipinski definition) is 2. The fraction of sp³-hybridized carbons (Fsp3) is 0.235. The Morgan fingerprint density at radius 1 is 1.14 bits per heavy atom. The van der Waals surface area contributed by atoms with Gasteiger partial charge in [0.2, 0.25) is 5.91 Å². The van der Waals surface area contributed by atoms with E-state index in [4.69, 9.17) is 10.5 Å². The standard InChI is InChI=1S/C17H20N2O2/c1-21-12-14-8-5-9-15(10-14)16(17(18)20)19-11-13-6-3-2-4-7-13/h2-10,16,19H,11-12H2,1H3,(H2,18,20). The third-order valence-electron chi connectivity index (χ3n) is 3.23. The van der Waals surface area contributed by atoms with Crippen LogP contribution < -0.4 is 11.1 Å². The molecular formula is C17H20N2O2. The third-order valence-corrected chi connectivity index (χ3v) is 3.23. The zero-order chi connectivity index (χ0) is 15.1. The summed E-state index contributed by atoms with van der Waals surface area (Å²) in [6.07, 6.45) is 0. The van der Waals surface area contributed by atoms with E-state index < -0.39 is 6.04 Å². The average Bonchev–Trinajstić information content (AvgIpc) is 2.49. The first kappa shape index (κ1) is 15.2. The second kappa shape index (κ2) is 7.57. The van der Waals surface area contributed by atoms with Crippen molar-refractivity contribution in [3.63, 3.8) is 0 Å². The topological polar surface area (TPSA) is 64.3 Å². The van der Waals surface area contributed by atoms with Crippen molar-refractivity contribution in [1.82, 2.24) is 5.32 Å². The SMILES string of the molecule is COCc1cccc(C(NCc2ccccc2)C(N)=O)c1. The highest BCUT2D eigenvalue weighted by molar-refractivity contribution is 5.81. The van der Waals surface area contributed by atoms with Crippen molar-refractivity contribution in [2.75, 3.05) is 7.11 Å². The van der Waals surface area contributed by atoms with Crippen molar-refractivity contribution < 1.29 is 9.53 Å². The summed E-state index contributed by atoms with van der Waals surface area (Å²) in [5.74, 6) is -0.388. The number of hydrogen-bond acceptors (Lipinski definition) is 3. The first-order chi connectivity index (χ1) is 10.2. The number of rotatable bonds is 7. The first-order valence-corrected chi connectivity index (χ1v) is 6.85. The molecule has 0 bridgehead atoms. The van der Waals surface area contributed by atoms with Gasteiger partial charge < -0.3 is 10.5 Å². The van der Waals surface area contributed by atoms with Crippen molar-refractivity contribution in [3.05, 3.63) is 71.3 Å². The van der Waals surface area contributed by atoms with E-state index in [0.717, 1.165) is 16.7 Å². The quantitative estimate of drug-likeness (QED) is 0.819. The van der Waals surface area contributed by atoms with E-state index in [1.54, 1.807) is 7.11 Å². The minimum Gasteiger partial charge on any atom is -0.380 e. The molecule has 0 radical (unpaired) electrons. The summed E-state index contributed by atoms with van der Waals surface area (Å²) in [5, 5.41) is 3.21. The zero-order valence-corrected chi connectivity index (χ0v) is 12.1. The molecule has 0 aromatic heterocycles. The molecular weight excluding hydrogens is 264 g/mol. The number of ether oxygens (including phenoxy) is 1. The number of primary amides is 1. The van der Waals surface area contributed by atoms with E-state index in [2.05, 4.69) is 5.32 Å². The van der Waals surface area contributed by atoms with E-state index in [-0.39, 0.29) is 5.91 Å². The van der Waals surface area contributed by atoms with Gasteiger partial charge in [-0.1, -0.05) is 54.6 Å². The minimum absolute atomic E-state index is 0.388. The van der Waals surface area contributed by atoms with Crippen LogP contribution in [0.15, 0.2) is 54.6 Å². The van der Waals surface area contributed by atoms with Crippen LogP contribution in [-0.2, 0) is 22.7 Å². The Morgan fingerprint density at radius 2 is 1.86 bits per heavy atom. The molecule has 0 aliphatic carbocycles. The van der Waals surface area contributed by atoms with Crippen LogP contribution in [0.5, 0.6) is 0 Å². The van der Waals surface area contributed by atoms with Gasteiger partial charge in [-0.25, -0.2) is 0 Å². The summed E-state index contributed by atoms with van der Waals surface area (Å²) in [7, 11) is 1.64. The highest BCUT2D eigenvalue weighted by Gasteiger charge is 2.17. The Hall–Kier alpha value is -2.17. The molecule has 0 fully saturated rings. The fourth-order valence-electron chi connectivity index (χ4n) is 2.23. The third kappa shape index (κ3) is 4.41. The molecule has 3 N–H and O–H groups in total. The van der Waals surface area contributed by atoms with Crippen LogP contribution in [0.4, 0.5) is 0 Å². The van der Waals surface area contributed by atoms with Crippen molar-refractivity contribution in [2.45, 2.75) is 19.2 Å². The van der Waals surface area contributed by atoms with Crippen molar-refractivity contribution >= 4 is 5.91 Å². The summed E-state index contributed by atoms with van der Waals surface area (Å²) in [4.78, 5) is 11.7. The summed E-state index contributed by atoms with van der Waals surface area (Å²) in [5.41, 5.74) is 8.50. The molecule has 0 heterocycles. The summed E-state index contributed by atoms with van der Waals surface area (Å²) in [6, 6.07) is 17.1. The second-order valence-corrected chi connectivity index (χ2v) is 4.88. The summed E-state index contributed by atoms with van der Waals surface area (Å²) in [6.45, 7) is 1.10. The second-order valence-electron chi connectivity index (χ2n) is 4.88. The lowest BCUT2D eigenvalue weighted by molar-refractivity contribution is -0.120. The Morgan fingerprint density at radius 3 is 2.52 bits per heavy atom. The summed E-state index contributed by atoms with van der Waals surface area (Å²) >= 11 is 0. The smallest absolute Gasteiger partial charge is 0.239 e. The van der Waals surface area contributed by atoms with E-state index in [0.29, 0.717) is 13.2 Å². The monoisotopic (exact) mass is 284 g/mol. The van der Waals surface area contributed by atoms with Gasteiger partial charge in [-0.2, -0.15) is 0 Å². The molecule has 1 amide bonds. The zero-order valence-electron chi connectivity index (χ0n) is 12.1. The molecule has 110 valence electrons. The number of nitrogens with two attached hydrogens (primary N) is 1. The van der Waals surface area contributed by atoms with Crippen LogP contribution in [0.1, 0.15) is 22.7 Å². The lowest BCUT2D eigenvalue weighted by Gasteiger charge is -2.17. The number of carbonyl (C=O) groups is 1. The molecule has 2 rings (SSSR count). The van der Waals surface area contributed by atoms with Crippen molar-refractivity contribution in [3.8, 4) is 0 Å². The van der Waals surface area contributed by atoms with Gasteiger partial charge in [0.05, 0.1) is 6.61 Å². The first-order valence-electron chi connectivity index (χ1n) is 6.85. The molecule has 1 unspecified atom stereocenters. The van der Waals surface area contributed by atoms with Gasteiger partial charge in [-0.3, -0.25) is 10.1 Å². The lowest BCUT2D eigenvalue weighted by atomic mass is 10.0. The van der Waals surface area contributed by atoms with Crippen molar-refractivity contribution in [1.29, 1.82) is 0 Å². The Bertz CT molecular complexity index is 584. The van der Waals surface area contributed by atoms with Crippen LogP contribution in [-0.4, -0.2) is 13.0 Å². The van der Waals surface area contributed by atoms with Crippen LogP contribution in [0.3, 0.4) is 0 Å². The Balaban J connectivity index is 2.11. The Labute approximate surface area is 124 Å². The maximum atomic E-state index is 11.7. The van der Waals surface area contributed by atoms with Gasteiger partial charge in [-0.15, -0.1) is 0 Å². The maximum Gasteiger partial charge on any atom is 0.239 e. The minimum atomic E-state index is -0.512. The molecule has 1 atom stereocenters. The summed E-state index contributed by atoms with van der Waals surface area (Å²) < 4.78 is 5.12. The van der Waals surface area contributed by atoms with Gasteiger partial charge in [0.15, 0.2) is 0 Å². The fourth-order valence-corrected chi connectivity index (χ4v) is 2.23. The predicted octanol–water partition coefficient (Wildman–Crippen LogP) is 2.15. The number of carbonyl (C=O) groups excluding carboxylic acids is 1. The van der Waals surface area contributed by atoms with Crippen LogP contribution in [0.2, 0.25) is 0 Å². The molecule has 2 aromatic carbocycles. The molecule has 0 aliphatic heterocycles. The van der Waals surface area contributed by atoms with Gasteiger partial charge >= 0.3 is 0 Å². The van der Waals surface area contributed by atoms with Gasteiger partial charge in [0.1, 0.15) is 6.04 Å². The molecule has 0 saturated carbocycles. The number of methoxy groups -OCH3 is 1. The van der Waals surface area contributed by atoms with Gasteiger partial charge in [0.25, 0.3) is 0 Å². The van der Waals surface area contributed by atoms with E-state index in [1.807, 2.05) is 54.6 Å². The van der Waals surface area contributed by atoms with Crippen LogP contribution in [0, 0.1) is 0 Å². The number of amides is 1. The highest BCUT2D eigenvalue weighted by atomic mass is 16.5. The Kier molecular flexibility index (Phi) is 5.49.